The number of ether oxygens (including phenoxy) is 1. The Kier molecular flexibility index (Phi) is 5.22. The second-order valence-electron chi connectivity index (χ2n) is 5.11. The van der Waals surface area contributed by atoms with Gasteiger partial charge in [-0.05, 0) is 48.4 Å². The van der Waals surface area contributed by atoms with Crippen LogP contribution < -0.4 is 4.74 Å². The first-order chi connectivity index (χ1) is 8.53. The number of benzene rings is 1. The van der Waals surface area contributed by atoms with Crippen LogP contribution in [0.3, 0.4) is 0 Å². The fourth-order valence-corrected chi connectivity index (χ4v) is 2.14. The third-order valence-electron chi connectivity index (χ3n) is 3.45. The Morgan fingerprint density at radius 1 is 1.33 bits per heavy atom. The summed E-state index contributed by atoms with van der Waals surface area (Å²) in [6, 6.07) is 6.67. The van der Waals surface area contributed by atoms with Crippen molar-refractivity contribution in [1.82, 2.24) is 0 Å². The van der Waals surface area contributed by atoms with Gasteiger partial charge < -0.3 is 4.74 Å². The number of nitriles is 1. The van der Waals surface area contributed by atoms with Crippen molar-refractivity contribution in [3.63, 3.8) is 0 Å². The Morgan fingerprint density at radius 3 is 2.44 bits per heavy atom. The van der Waals surface area contributed by atoms with Crippen molar-refractivity contribution in [2.75, 3.05) is 7.11 Å². The lowest BCUT2D eigenvalue weighted by Crippen LogP contribution is -2.04. The molecule has 0 heterocycles. The summed E-state index contributed by atoms with van der Waals surface area (Å²) >= 11 is 0. The summed E-state index contributed by atoms with van der Waals surface area (Å²) in [5.74, 6) is 1.50. The molecule has 0 bridgehead atoms. The summed E-state index contributed by atoms with van der Waals surface area (Å²) in [5, 5.41) is 9.08. The van der Waals surface area contributed by atoms with Crippen molar-refractivity contribution in [3.05, 3.63) is 28.8 Å². The lowest BCUT2D eigenvalue weighted by atomic mass is 9.90. The van der Waals surface area contributed by atoms with Crippen LogP contribution in [0.25, 0.3) is 0 Å². The maximum atomic E-state index is 9.08. The first-order valence-corrected chi connectivity index (χ1v) is 6.60. The van der Waals surface area contributed by atoms with Crippen LogP contribution in [0.4, 0.5) is 0 Å². The van der Waals surface area contributed by atoms with Gasteiger partial charge in [-0.2, -0.15) is 5.26 Å². The molecule has 1 unspecified atom stereocenters. The van der Waals surface area contributed by atoms with Crippen LogP contribution in [-0.4, -0.2) is 7.11 Å². The molecule has 98 valence electrons. The molecule has 0 saturated carbocycles. The van der Waals surface area contributed by atoms with Gasteiger partial charge in [0.05, 0.1) is 19.1 Å². The lowest BCUT2D eigenvalue weighted by molar-refractivity contribution is 0.407. The van der Waals surface area contributed by atoms with Crippen molar-refractivity contribution >= 4 is 0 Å². The van der Waals surface area contributed by atoms with E-state index in [2.05, 4.69) is 45.9 Å². The second-order valence-corrected chi connectivity index (χ2v) is 5.11. The van der Waals surface area contributed by atoms with E-state index in [4.69, 9.17) is 10.00 Å². The van der Waals surface area contributed by atoms with E-state index < -0.39 is 0 Å². The van der Waals surface area contributed by atoms with E-state index >= 15 is 0 Å². The number of hydrogen-bond acceptors (Lipinski definition) is 2. The molecule has 0 aliphatic heterocycles. The smallest absolute Gasteiger partial charge is 0.122 e. The number of hydrogen-bond donors (Lipinski definition) is 0. The van der Waals surface area contributed by atoms with Crippen LogP contribution in [0.2, 0.25) is 0 Å². The fourth-order valence-electron chi connectivity index (χ4n) is 2.14. The molecule has 1 rings (SSSR count). The summed E-state index contributed by atoms with van der Waals surface area (Å²) in [7, 11) is 1.71. The van der Waals surface area contributed by atoms with E-state index in [9.17, 15) is 0 Å². The van der Waals surface area contributed by atoms with Gasteiger partial charge >= 0.3 is 0 Å². The highest BCUT2D eigenvalue weighted by molar-refractivity contribution is 5.44. The number of methoxy groups -OCH3 is 1. The summed E-state index contributed by atoms with van der Waals surface area (Å²) in [5.41, 5.74) is 3.71. The molecule has 0 aromatic heterocycles. The van der Waals surface area contributed by atoms with Gasteiger partial charge in [-0.1, -0.05) is 26.8 Å². The summed E-state index contributed by atoms with van der Waals surface area (Å²) < 4.78 is 5.44. The standard InChI is InChI=1S/C16H23NO/c1-6-13(10-17)8-14-9-15(11(2)3)16(18-5)7-12(14)4/h7,9,11,13H,6,8H2,1-5H3. The highest BCUT2D eigenvalue weighted by Crippen LogP contribution is 2.30. The molecule has 0 fully saturated rings. The minimum Gasteiger partial charge on any atom is -0.496 e. The largest absolute Gasteiger partial charge is 0.496 e. The molecule has 0 aliphatic carbocycles. The zero-order chi connectivity index (χ0) is 13.7. The van der Waals surface area contributed by atoms with E-state index in [1.807, 2.05) is 0 Å². The molecule has 2 nitrogen and oxygen atoms in total. The SMILES string of the molecule is CCC(C#N)Cc1cc(C(C)C)c(OC)cc1C. The first kappa shape index (κ1) is 14.6. The minimum atomic E-state index is 0.108. The highest BCUT2D eigenvalue weighted by atomic mass is 16.5. The van der Waals surface area contributed by atoms with Gasteiger partial charge in [0.1, 0.15) is 5.75 Å². The van der Waals surface area contributed by atoms with E-state index in [0.29, 0.717) is 5.92 Å². The molecular formula is C16H23NO. The lowest BCUT2D eigenvalue weighted by Gasteiger charge is -2.17. The molecule has 2 heteroatoms. The zero-order valence-corrected chi connectivity index (χ0v) is 12.1. The van der Waals surface area contributed by atoms with Gasteiger partial charge in [-0.3, -0.25) is 0 Å². The van der Waals surface area contributed by atoms with Crippen molar-refractivity contribution in [2.45, 2.75) is 46.5 Å². The molecular weight excluding hydrogens is 222 g/mol. The predicted octanol–water partition coefficient (Wildman–Crippen LogP) is 4.22. The van der Waals surface area contributed by atoms with Gasteiger partial charge in [-0.15, -0.1) is 0 Å². The van der Waals surface area contributed by atoms with Crippen LogP contribution in [0.1, 0.15) is 49.8 Å². The molecule has 0 saturated heterocycles. The third kappa shape index (κ3) is 3.26. The summed E-state index contributed by atoms with van der Waals surface area (Å²) in [6.45, 7) is 8.49. The molecule has 0 amide bonds. The monoisotopic (exact) mass is 245 g/mol. The van der Waals surface area contributed by atoms with Crippen LogP contribution in [-0.2, 0) is 6.42 Å². The third-order valence-corrected chi connectivity index (χ3v) is 3.45. The quantitative estimate of drug-likeness (QED) is 0.778. The normalized spacial score (nSPS) is 12.3. The molecule has 1 aromatic rings. The maximum Gasteiger partial charge on any atom is 0.122 e. The van der Waals surface area contributed by atoms with E-state index in [0.717, 1.165) is 18.6 Å². The summed E-state index contributed by atoms with van der Waals surface area (Å²) in [6.07, 6.45) is 1.74. The van der Waals surface area contributed by atoms with Crippen LogP contribution in [0.5, 0.6) is 5.75 Å². The van der Waals surface area contributed by atoms with Crippen LogP contribution in [0, 0.1) is 24.2 Å². The molecule has 0 spiro atoms. The van der Waals surface area contributed by atoms with E-state index in [1.54, 1.807) is 7.11 Å². The fraction of sp³-hybridized carbons (Fsp3) is 0.562. The van der Waals surface area contributed by atoms with Crippen LogP contribution >= 0.6 is 0 Å². The Labute approximate surface area is 111 Å². The molecule has 18 heavy (non-hydrogen) atoms. The Bertz CT molecular complexity index is 443. The number of aryl methyl sites for hydroxylation is 1. The molecule has 1 aromatic carbocycles. The average Bonchev–Trinajstić information content (AvgIpc) is 2.36. The molecule has 0 aliphatic rings. The Balaban J connectivity index is 3.14. The van der Waals surface area contributed by atoms with Crippen molar-refractivity contribution in [2.24, 2.45) is 5.92 Å². The Morgan fingerprint density at radius 2 is 2.00 bits per heavy atom. The zero-order valence-electron chi connectivity index (χ0n) is 12.1. The van der Waals surface area contributed by atoms with Gasteiger partial charge in [-0.25, -0.2) is 0 Å². The van der Waals surface area contributed by atoms with Gasteiger partial charge in [0.2, 0.25) is 0 Å². The first-order valence-electron chi connectivity index (χ1n) is 6.60. The minimum absolute atomic E-state index is 0.108. The van der Waals surface area contributed by atoms with Crippen molar-refractivity contribution < 1.29 is 4.74 Å². The molecule has 0 radical (unpaired) electrons. The number of nitrogens with zero attached hydrogens (tertiary/aromatic N) is 1. The Hall–Kier alpha value is -1.49. The van der Waals surface area contributed by atoms with Crippen molar-refractivity contribution in [1.29, 1.82) is 5.26 Å². The predicted molar refractivity (Wildman–Crippen MR) is 74.9 cm³/mol. The van der Waals surface area contributed by atoms with Crippen LogP contribution in [0.15, 0.2) is 12.1 Å². The summed E-state index contributed by atoms with van der Waals surface area (Å²) in [4.78, 5) is 0. The van der Waals surface area contributed by atoms with E-state index in [1.165, 1.54) is 16.7 Å². The van der Waals surface area contributed by atoms with Gasteiger partial charge in [0.25, 0.3) is 0 Å². The average molecular weight is 245 g/mol. The van der Waals surface area contributed by atoms with Gasteiger partial charge in [0.15, 0.2) is 0 Å². The second kappa shape index (κ2) is 6.44. The van der Waals surface area contributed by atoms with Gasteiger partial charge in [0, 0.05) is 0 Å². The van der Waals surface area contributed by atoms with E-state index in [-0.39, 0.29) is 5.92 Å². The number of rotatable bonds is 5. The van der Waals surface area contributed by atoms with Crippen molar-refractivity contribution in [3.8, 4) is 11.8 Å². The topological polar surface area (TPSA) is 33.0 Å². The molecule has 0 N–H and O–H groups in total. The molecule has 1 atom stereocenters. The maximum absolute atomic E-state index is 9.08. The highest BCUT2D eigenvalue weighted by Gasteiger charge is 2.14.